The highest BCUT2D eigenvalue weighted by Gasteiger charge is 2.28. The summed E-state index contributed by atoms with van der Waals surface area (Å²) in [7, 11) is -3.22. The summed E-state index contributed by atoms with van der Waals surface area (Å²) in [6.45, 7) is 5.50. The van der Waals surface area contributed by atoms with Gasteiger partial charge in [-0.3, -0.25) is 0 Å². The Balaban J connectivity index is 1.86. The average Bonchev–Trinajstić information content (AvgIpc) is 2.36. The molecule has 2 unspecified atom stereocenters. The third-order valence-corrected chi connectivity index (χ3v) is 5.50. The first-order chi connectivity index (χ1) is 9.04. The first-order valence-corrected chi connectivity index (χ1v) is 8.36. The molecule has 0 aromatic heterocycles. The van der Waals surface area contributed by atoms with Gasteiger partial charge in [-0.2, -0.15) is 0 Å². The predicted octanol–water partition coefficient (Wildman–Crippen LogP) is 1.24. The van der Waals surface area contributed by atoms with E-state index in [0.29, 0.717) is 19.0 Å². The average molecular weight is 282 g/mol. The zero-order chi connectivity index (χ0) is 13.9. The Morgan fingerprint density at radius 3 is 2.79 bits per heavy atom. The lowest BCUT2D eigenvalue weighted by Gasteiger charge is -2.30. The zero-order valence-corrected chi connectivity index (χ0v) is 12.3. The summed E-state index contributed by atoms with van der Waals surface area (Å²) in [5.41, 5.74) is 2.62. The highest BCUT2D eigenvalue weighted by atomic mass is 32.2. The van der Waals surface area contributed by atoms with Crippen LogP contribution in [0.1, 0.15) is 30.9 Å². The molecular weight excluding hydrogens is 260 g/mol. The molecule has 2 N–H and O–H groups in total. The van der Waals surface area contributed by atoms with Crippen molar-refractivity contribution in [1.29, 1.82) is 0 Å². The smallest absolute Gasteiger partial charge is 0.215 e. The van der Waals surface area contributed by atoms with Gasteiger partial charge < -0.3 is 5.32 Å². The van der Waals surface area contributed by atoms with Gasteiger partial charge in [-0.1, -0.05) is 31.2 Å². The zero-order valence-electron chi connectivity index (χ0n) is 11.5. The van der Waals surface area contributed by atoms with E-state index >= 15 is 0 Å². The summed E-state index contributed by atoms with van der Waals surface area (Å²) < 4.78 is 26.8. The Morgan fingerprint density at radius 2 is 2.11 bits per heavy atom. The molecule has 0 bridgehead atoms. The van der Waals surface area contributed by atoms with E-state index in [1.54, 1.807) is 6.92 Å². The minimum absolute atomic E-state index is 0.331. The summed E-state index contributed by atoms with van der Waals surface area (Å²) in [6.07, 6.45) is 0.973. The molecule has 1 aliphatic rings. The number of benzene rings is 1. The van der Waals surface area contributed by atoms with Crippen molar-refractivity contribution in [3.8, 4) is 0 Å². The predicted molar refractivity (Wildman–Crippen MR) is 77.8 cm³/mol. The molecule has 2 atom stereocenters. The van der Waals surface area contributed by atoms with E-state index in [9.17, 15) is 8.42 Å². The molecule has 1 aliphatic carbocycles. The fourth-order valence-corrected chi connectivity index (χ4v) is 3.42. The third-order valence-electron chi connectivity index (χ3n) is 3.70. The molecule has 0 amide bonds. The summed E-state index contributed by atoms with van der Waals surface area (Å²) in [5, 5.41) is 2.67. The van der Waals surface area contributed by atoms with Crippen LogP contribution in [0.15, 0.2) is 24.3 Å². The van der Waals surface area contributed by atoms with E-state index < -0.39 is 15.3 Å². The van der Waals surface area contributed by atoms with Gasteiger partial charge in [-0.05, 0) is 31.0 Å². The van der Waals surface area contributed by atoms with E-state index in [1.807, 2.05) is 19.1 Å². The van der Waals surface area contributed by atoms with Crippen LogP contribution in [0.4, 0.5) is 0 Å². The van der Waals surface area contributed by atoms with Crippen molar-refractivity contribution < 1.29 is 8.42 Å². The Labute approximate surface area is 115 Å². The normalized spacial score (nSPS) is 19.6. The van der Waals surface area contributed by atoms with E-state index in [4.69, 9.17) is 0 Å². The number of nitrogens with one attached hydrogen (secondary N) is 2. The topological polar surface area (TPSA) is 58.2 Å². The van der Waals surface area contributed by atoms with Crippen LogP contribution in [0.5, 0.6) is 0 Å². The van der Waals surface area contributed by atoms with Gasteiger partial charge in [0.05, 0.1) is 5.25 Å². The van der Waals surface area contributed by atoms with Crippen molar-refractivity contribution in [2.45, 2.75) is 31.4 Å². The molecule has 19 heavy (non-hydrogen) atoms. The quantitative estimate of drug-likeness (QED) is 0.791. The van der Waals surface area contributed by atoms with Crippen LogP contribution in [0, 0.1) is 0 Å². The first-order valence-electron chi connectivity index (χ1n) is 6.81. The van der Waals surface area contributed by atoms with Crippen molar-refractivity contribution in [3.05, 3.63) is 35.4 Å². The summed E-state index contributed by atoms with van der Waals surface area (Å²) in [6, 6.07) is 8.22. The van der Waals surface area contributed by atoms with Gasteiger partial charge in [-0.15, -0.1) is 0 Å². The fourth-order valence-electron chi connectivity index (χ4n) is 2.36. The van der Waals surface area contributed by atoms with Crippen LogP contribution in [0.3, 0.4) is 0 Å². The lowest BCUT2D eigenvalue weighted by molar-refractivity contribution is 0.538. The number of rotatable bonds is 7. The molecule has 0 saturated heterocycles. The third kappa shape index (κ3) is 3.35. The number of hydrogen-bond acceptors (Lipinski definition) is 3. The van der Waals surface area contributed by atoms with Gasteiger partial charge >= 0.3 is 0 Å². The second kappa shape index (κ2) is 6.03. The Kier molecular flexibility index (Phi) is 4.60. The second-order valence-corrected chi connectivity index (χ2v) is 7.30. The van der Waals surface area contributed by atoms with Crippen LogP contribution in [-0.2, 0) is 16.4 Å². The van der Waals surface area contributed by atoms with E-state index in [1.165, 1.54) is 11.1 Å². The van der Waals surface area contributed by atoms with E-state index in [-0.39, 0.29) is 0 Å². The van der Waals surface area contributed by atoms with Crippen LogP contribution < -0.4 is 10.0 Å². The lowest BCUT2D eigenvalue weighted by atomic mass is 9.78. The standard InChI is InChI=1S/C14H22N2O2S/c1-3-15-9-11(2)19(17,18)16-10-13-8-12-6-4-5-7-14(12)13/h4-7,11,13,15-16H,3,8-10H2,1-2H3. The first kappa shape index (κ1) is 14.5. The second-order valence-electron chi connectivity index (χ2n) is 5.11. The highest BCUT2D eigenvalue weighted by Crippen LogP contribution is 2.34. The minimum Gasteiger partial charge on any atom is -0.316 e. The molecule has 106 valence electrons. The van der Waals surface area contributed by atoms with Crippen molar-refractivity contribution >= 4 is 10.0 Å². The van der Waals surface area contributed by atoms with E-state index in [2.05, 4.69) is 22.2 Å². The maximum atomic E-state index is 12.0. The summed E-state index contributed by atoms with van der Waals surface area (Å²) in [4.78, 5) is 0. The SMILES string of the molecule is CCNCC(C)S(=O)(=O)NCC1Cc2ccccc21. The Bertz CT molecular complexity index is 528. The number of hydrogen-bond donors (Lipinski definition) is 2. The molecule has 0 spiro atoms. The van der Waals surface area contributed by atoms with Crippen LogP contribution in [0.25, 0.3) is 0 Å². The van der Waals surface area contributed by atoms with Gasteiger partial charge in [0.25, 0.3) is 0 Å². The lowest BCUT2D eigenvalue weighted by Crippen LogP contribution is -2.41. The molecule has 1 aromatic carbocycles. The Morgan fingerprint density at radius 1 is 1.37 bits per heavy atom. The highest BCUT2D eigenvalue weighted by molar-refractivity contribution is 7.90. The van der Waals surface area contributed by atoms with Crippen molar-refractivity contribution in [2.75, 3.05) is 19.6 Å². The maximum absolute atomic E-state index is 12.0. The number of fused-ring (bicyclic) bond motifs is 1. The molecule has 4 nitrogen and oxygen atoms in total. The van der Waals surface area contributed by atoms with Crippen LogP contribution in [0.2, 0.25) is 0 Å². The van der Waals surface area contributed by atoms with Gasteiger partial charge in [0.2, 0.25) is 10.0 Å². The van der Waals surface area contributed by atoms with Crippen LogP contribution >= 0.6 is 0 Å². The largest absolute Gasteiger partial charge is 0.316 e. The molecule has 0 radical (unpaired) electrons. The monoisotopic (exact) mass is 282 g/mol. The maximum Gasteiger partial charge on any atom is 0.215 e. The molecule has 2 rings (SSSR count). The van der Waals surface area contributed by atoms with Gasteiger partial charge in [0.15, 0.2) is 0 Å². The summed E-state index contributed by atoms with van der Waals surface area (Å²) >= 11 is 0. The fraction of sp³-hybridized carbons (Fsp3) is 0.571. The van der Waals surface area contributed by atoms with Crippen LogP contribution in [-0.4, -0.2) is 33.3 Å². The molecule has 0 saturated carbocycles. The minimum atomic E-state index is -3.22. The van der Waals surface area contributed by atoms with Gasteiger partial charge in [0, 0.05) is 19.0 Å². The summed E-state index contributed by atoms with van der Waals surface area (Å²) in [5.74, 6) is 0.331. The Hall–Kier alpha value is -0.910. The van der Waals surface area contributed by atoms with Gasteiger partial charge in [-0.25, -0.2) is 13.1 Å². The molecule has 1 aromatic rings. The molecule has 0 heterocycles. The molecule has 0 aliphatic heterocycles. The molecular formula is C14H22N2O2S. The number of sulfonamides is 1. The van der Waals surface area contributed by atoms with E-state index in [0.717, 1.165) is 13.0 Å². The van der Waals surface area contributed by atoms with Crippen molar-refractivity contribution in [3.63, 3.8) is 0 Å². The van der Waals surface area contributed by atoms with Gasteiger partial charge in [0.1, 0.15) is 0 Å². The molecule has 0 fully saturated rings. The van der Waals surface area contributed by atoms with Crippen molar-refractivity contribution in [1.82, 2.24) is 10.0 Å². The van der Waals surface area contributed by atoms with Crippen molar-refractivity contribution in [2.24, 2.45) is 0 Å². The molecule has 5 heteroatoms.